The van der Waals surface area contributed by atoms with Gasteiger partial charge in [0.05, 0.1) is 5.92 Å². The molecule has 0 spiro atoms. The Kier molecular flexibility index (Phi) is 2.90. The summed E-state index contributed by atoms with van der Waals surface area (Å²) in [5.74, 6) is -0.156. The van der Waals surface area contributed by atoms with Crippen molar-refractivity contribution in [2.24, 2.45) is 11.8 Å². The molecule has 0 atom stereocenters. The molecule has 1 saturated carbocycles. The van der Waals surface area contributed by atoms with E-state index in [9.17, 15) is 4.79 Å². The van der Waals surface area contributed by atoms with E-state index in [0.717, 1.165) is 25.7 Å². The summed E-state index contributed by atoms with van der Waals surface area (Å²) < 4.78 is 0. The number of hydrogen-bond donors (Lipinski definition) is 1. The average Bonchev–Trinajstić information content (AvgIpc) is 2.04. The van der Waals surface area contributed by atoms with Gasteiger partial charge in [-0.1, -0.05) is 12.2 Å². The Labute approximate surface area is 73.3 Å². The van der Waals surface area contributed by atoms with Crippen LogP contribution in [-0.4, -0.2) is 11.1 Å². The molecule has 0 unspecified atom stereocenters. The number of hydrogen-bond acceptors (Lipinski definition) is 1. The van der Waals surface area contributed by atoms with Gasteiger partial charge < -0.3 is 5.11 Å². The van der Waals surface area contributed by atoms with Gasteiger partial charge >= 0.3 is 5.97 Å². The second-order valence-corrected chi connectivity index (χ2v) is 3.73. The number of aliphatic carboxylic acids is 1. The predicted molar refractivity (Wildman–Crippen MR) is 47.9 cm³/mol. The molecular weight excluding hydrogens is 152 g/mol. The van der Waals surface area contributed by atoms with Crippen molar-refractivity contribution in [3.8, 4) is 0 Å². The first-order valence-electron chi connectivity index (χ1n) is 4.49. The normalized spacial score (nSPS) is 29.8. The Balaban J connectivity index is 2.39. The molecule has 0 saturated heterocycles. The monoisotopic (exact) mass is 168 g/mol. The number of rotatable bonds is 2. The first-order valence-corrected chi connectivity index (χ1v) is 4.49. The van der Waals surface area contributed by atoms with Crippen LogP contribution in [0.5, 0.6) is 0 Å². The molecule has 0 heterocycles. The van der Waals surface area contributed by atoms with E-state index >= 15 is 0 Å². The molecule has 68 valence electrons. The highest BCUT2D eigenvalue weighted by atomic mass is 16.4. The van der Waals surface area contributed by atoms with E-state index in [2.05, 4.69) is 6.58 Å². The first-order chi connectivity index (χ1) is 5.61. The SMILES string of the molecule is C=C(C)[C@H]1CC[C@@H](C(=O)O)CC1. The summed E-state index contributed by atoms with van der Waals surface area (Å²) in [5, 5.41) is 8.74. The number of carboxylic acid groups (broad SMARTS) is 1. The summed E-state index contributed by atoms with van der Waals surface area (Å²) >= 11 is 0. The summed E-state index contributed by atoms with van der Waals surface area (Å²) in [6, 6.07) is 0. The molecule has 0 aromatic carbocycles. The standard InChI is InChI=1S/C10H16O2/c1-7(2)8-3-5-9(6-4-8)10(11)12/h8-9H,1,3-6H2,2H3,(H,11,12)/t8-,9+. The smallest absolute Gasteiger partial charge is 0.306 e. The second-order valence-electron chi connectivity index (χ2n) is 3.73. The zero-order chi connectivity index (χ0) is 9.14. The maximum Gasteiger partial charge on any atom is 0.306 e. The van der Waals surface area contributed by atoms with E-state index in [0.29, 0.717) is 5.92 Å². The molecule has 1 N–H and O–H groups in total. The topological polar surface area (TPSA) is 37.3 Å². The fourth-order valence-electron chi connectivity index (χ4n) is 1.83. The summed E-state index contributed by atoms with van der Waals surface area (Å²) in [7, 11) is 0. The zero-order valence-electron chi connectivity index (χ0n) is 7.55. The van der Waals surface area contributed by atoms with Crippen LogP contribution in [0.15, 0.2) is 12.2 Å². The van der Waals surface area contributed by atoms with Crippen LogP contribution in [0.4, 0.5) is 0 Å². The lowest BCUT2D eigenvalue weighted by atomic mass is 9.79. The minimum absolute atomic E-state index is 0.0967. The maximum atomic E-state index is 10.6. The Hall–Kier alpha value is -0.790. The molecular formula is C10H16O2. The van der Waals surface area contributed by atoms with Gasteiger partial charge in [0.25, 0.3) is 0 Å². The predicted octanol–water partition coefficient (Wildman–Crippen LogP) is 2.45. The van der Waals surface area contributed by atoms with Gasteiger partial charge in [-0.2, -0.15) is 0 Å². The van der Waals surface area contributed by atoms with Crippen molar-refractivity contribution in [1.29, 1.82) is 0 Å². The van der Waals surface area contributed by atoms with Crippen molar-refractivity contribution >= 4 is 5.97 Å². The van der Waals surface area contributed by atoms with Gasteiger partial charge in [-0.3, -0.25) is 4.79 Å². The fourth-order valence-corrected chi connectivity index (χ4v) is 1.83. The lowest BCUT2D eigenvalue weighted by molar-refractivity contribution is -0.143. The highest BCUT2D eigenvalue weighted by molar-refractivity contribution is 5.70. The Bertz CT molecular complexity index is 166. The summed E-state index contributed by atoms with van der Waals surface area (Å²) in [6.45, 7) is 5.93. The molecule has 0 aromatic heterocycles. The van der Waals surface area contributed by atoms with Crippen LogP contribution in [0.1, 0.15) is 32.6 Å². The van der Waals surface area contributed by atoms with E-state index in [1.165, 1.54) is 5.57 Å². The quantitative estimate of drug-likeness (QED) is 0.643. The summed E-state index contributed by atoms with van der Waals surface area (Å²) in [6.07, 6.45) is 3.66. The molecule has 2 heteroatoms. The maximum absolute atomic E-state index is 10.6. The van der Waals surface area contributed by atoms with E-state index in [4.69, 9.17) is 5.11 Å². The first kappa shape index (κ1) is 9.30. The van der Waals surface area contributed by atoms with Crippen LogP contribution in [0.25, 0.3) is 0 Å². The Morgan fingerprint density at radius 3 is 2.00 bits per heavy atom. The molecule has 1 rings (SSSR count). The summed E-state index contributed by atoms with van der Waals surface area (Å²) in [5.41, 5.74) is 1.21. The van der Waals surface area contributed by atoms with Crippen LogP contribution in [-0.2, 0) is 4.79 Å². The molecule has 0 bridgehead atoms. The summed E-state index contributed by atoms with van der Waals surface area (Å²) in [4.78, 5) is 10.6. The number of allylic oxidation sites excluding steroid dienone is 1. The van der Waals surface area contributed by atoms with E-state index in [1.54, 1.807) is 0 Å². The molecule has 0 aromatic rings. The van der Waals surface area contributed by atoms with Gasteiger partial charge in [-0.05, 0) is 38.5 Å². The minimum Gasteiger partial charge on any atom is -0.481 e. The van der Waals surface area contributed by atoms with Crippen LogP contribution < -0.4 is 0 Å². The van der Waals surface area contributed by atoms with Crippen molar-refractivity contribution < 1.29 is 9.90 Å². The molecule has 0 radical (unpaired) electrons. The van der Waals surface area contributed by atoms with Crippen molar-refractivity contribution in [3.63, 3.8) is 0 Å². The van der Waals surface area contributed by atoms with Crippen LogP contribution >= 0.6 is 0 Å². The van der Waals surface area contributed by atoms with Crippen molar-refractivity contribution in [2.75, 3.05) is 0 Å². The van der Waals surface area contributed by atoms with Gasteiger partial charge in [0, 0.05) is 0 Å². The average molecular weight is 168 g/mol. The van der Waals surface area contributed by atoms with Gasteiger partial charge in [0.1, 0.15) is 0 Å². The van der Waals surface area contributed by atoms with Gasteiger partial charge in [0.15, 0.2) is 0 Å². The van der Waals surface area contributed by atoms with Gasteiger partial charge in [-0.25, -0.2) is 0 Å². The molecule has 1 fully saturated rings. The van der Waals surface area contributed by atoms with Crippen LogP contribution in [0.3, 0.4) is 0 Å². The molecule has 0 amide bonds. The lowest BCUT2D eigenvalue weighted by Crippen LogP contribution is -2.21. The fraction of sp³-hybridized carbons (Fsp3) is 0.700. The molecule has 1 aliphatic rings. The highest BCUT2D eigenvalue weighted by Gasteiger charge is 2.25. The Morgan fingerprint density at radius 2 is 1.67 bits per heavy atom. The van der Waals surface area contributed by atoms with Crippen LogP contribution in [0.2, 0.25) is 0 Å². The third-order valence-electron chi connectivity index (χ3n) is 2.77. The molecule has 1 aliphatic carbocycles. The van der Waals surface area contributed by atoms with Crippen molar-refractivity contribution in [1.82, 2.24) is 0 Å². The van der Waals surface area contributed by atoms with Crippen LogP contribution in [0, 0.1) is 11.8 Å². The number of carboxylic acids is 1. The van der Waals surface area contributed by atoms with Gasteiger partial charge in [-0.15, -0.1) is 0 Å². The van der Waals surface area contributed by atoms with Crippen molar-refractivity contribution in [2.45, 2.75) is 32.6 Å². The number of carbonyl (C=O) groups is 1. The zero-order valence-corrected chi connectivity index (χ0v) is 7.55. The van der Waals surface area contributed by atoms with Gasteiger partial charge in [0.2, 0.25) is 0 Å². The molecule has 12 heavy (non-hydrogen) atoms. The van der Waals surface area contributed by atoms with E-state index in [1.807, 2.05) is 6.92 Å². The van der Waals surface area contributed by atoms with E-state index in [-0.39, 0.29) is 5.92 Å². The highest BCUT2D eigenvalue weighted by Crippen LogP contribution is 2.32. The largest absolute Gasteiger partial charge is 0.481 e. The molecule has 2 nitrogen and oxygen atoms in total. The van der Waals surface area contributed by atoms with Crippen molar-refractivity contribution in [3.05, 3.63) is 12.2 Å². The molecule has 0 aliphatic heterocycles. The third-order valence-corrected chi connectivity index (χ3v) is 2.77. The van der Waals surface area contributed by atoms with E-state index < -0.39 is 5.97 Å². The third kappa shape index (κ3) is 2.10. The Morgan fingerprint density at radius 1 is 1.25 bits per heavy atom. The second kappa shape index (κ2) is 3.74. The minimum atomic E-state index is -0.629. The lowest BCUT2D eigenvalue weighted by Gasteiger charge is -2.26.